The number of halogens is 1. The summed E-state index contributed by atoms with van der Waals surface area (Å²) in [6.45, 7) is 2.75. The third kappa shape index (κ3) is 1.82. The number of thioether (sulfide) groups is 1. The Balaban J connectivity index is 2.23. The Morgan fingerprint density at radius 2 is 2.35 bits per heavy atom. The summed E-state index contributed by atoms with van der Waals surface area (Å²) in [6.07, 6.45) is 0.954. The lowest BCUT2D eigenvalue weighted by Gasteiger charge is -2.13. The van der Waals surface area contributed by atoms with E-state index in [-0.39, 0.29) is 11.7 Å². The van der Waals surface area contributed by atoms with Crippen molar-refractivity contribution in [1.82, 2.24) is 0 Å². The molecule has 1 aromatic carbocycles. The van der Waals surface area contributed by atoms with Crippen LogP contribution in [-0.2, 0) is 12.2 Å². The highest BCUT2D eigenvalue weighted by Gasteiger charge is 2.30. The first kappa shape index (κ1) is 11.6. The van der Waals surface area contributed by atoms with E-state index >= 15 is 0 Å². The molecule has 1 aromatic rings. The topological polar surface area (TPSA) is 26.3 Å². The Bertz CT molecular complexity index is 499. The van der Waals surface area contributed by atoms with Gasteiger partial charge in [-0.3, -0.25) is 4.79 Å². The maximum Gasteiger partial charge on any atom is 0.168 e. The Hall–Kier alpha value is -0.480. The normalized spacial score (nSPS) is 22.7. The van der Waals surface area contributed by atoms with Gasteiger partial charge in [0.15, 0.2) is 5.78 Å². The molecule has 4 heteroatoms. The molecule has 2 nitrogen and oxygen atoms in total. The van der Waals surface area contributed by atoms with E-state index in [9.17, 15) is 4.79 Å². The zero-order chi connectivity index (χ0) is 12.0. The van der Waals surface area contributed by atoms with Gasteiger partial charge in [0.05, 0.1) is 6.61 Å². The van der Waals surface area contributed by atoms with Gasteiger partial charge in [-0.1, -0.05) is 22.9 Å². The maximum absolute atomic E-state index is 12.4. The van der Waals surface area contributed by atoms with Crippen LogP contribution in [0.5, 0.6) is 5.75 Å². The number of Topliss-reactive ketones (excluding diaryl/α,β-unsaturated/α-hetero) is 1. The number of benzene rings is 1. The molecule has 90 valence electrons. The van der Waals surface area contributed by atoms with Crippen LogP contribution in [0, 0.1) is 5.92 Å². The second-order valence-corrected chi connectivity index (χ2v) is 6.46. The summed E-state index contributed by atoms with van der Waals surface area (Å²) >= 11 is 5.38. The van der Waals surface area contributed by atoms with E-state index in [1.54, 1.807) is 0 Å². The van der Waals surface area contributed by atoms with Crippen molar-refractivity contribution in [3.05, 3.63) is 27.2 Å². The molecule has 0 amide bonds. The number of fused-ring (bicyclic) bond motifs is 3. The van der Waals surface area contributed by atoms with Crippen LogP contribution in [0.1, 0.15) is 28.4 Å². The van der Waals surface area contributed by atoms with Crippen molar-refractivity contribution >= 4 is 33.5 Å². The Kier molecular flexibility index (Phi) is 2.95. The summed E-state index contributed by atoms with van der Waals surface area (Å²) in [6, 6.07) is 2.06. The van der Waals surface area contributed by atoms with Crippen LogP contribution in [0.3, 0.4) is 0 Å². The van der Waals surface area contributed by atoms with Gasteiger partial charge in [-0.2, -0.15) is 11.8 Å². The minimum atomic E-state index is 0.0944. The van der Waals surface area contributed by atoms with Crippen molar-refractivity contribution in [3.63, 3.8) is 0 Å². The number of ketones is 1. The molecule has 3 rings (SSSR count). The monoisotopic (exact) mass is 312 g/mol. The summed E-state index contributed by atoms with van der Waals surface area (Å²) in [7, 11) is 0. The number of carbonyl (C=O) groups excluding carboxylic acids is 1. The maximum atomic E-state index is 12.4. The number of hydrogen-bond acceptors (Lipinski definition) is 3. The molecule has 0 aliphatic carbocycles. The molecule has 0 spiro atoms. The highest BCUT2D eigenvalue weighted by atomic mass is 79.9. The summed E-state index contributed by atoms with van der Waals surface area (Å²) in [5, 5.41) is 0. The van der Waals surface area contributed by atoms with Crippen LogP contribution in [0.15, 0.2) is 10.5 Å². The minimum Gasteiger partial charge on any atom is -0.493 e. The molecular weight excluding hydrogens is 300 g/mol. The first-order valence-electron chi connectivity index (χ1n) is 5.77. The molecule has 0 aromatic heterocycles. The van der Waals surface area contributed by atoms with Gasteiger partial charge in [-0.05, 0) is 11.6 Å². The first-order valence-corrected chi connectivity index (χ1v) is 7.72. The fraction of sp³-hybridized carbons (Fsp3) is 0.462. The van der Waals surface area contributed by atoms with Gasteiger partial charge in [0, 0.05) is 39.4 Å². The number of carbonyl (C=O) groups is 1. The zero-order valence-electron chi connectivity index (χ0n) is 9.59. The molecule has 0 fully saturated rings. The van der Waals surface area contributed by atoms with Gasteiger partial charge in [0.1, 0.15) is 5.75 Å². The lowest BCUT2D eigenvalue weighted by molar-refractivity contribution is 0.0941. The molecule has 0 radical (unpaired) electrons. The fourth-order valence-electron chi connectivity index (χ4n) is 2.43. The summed E-state index contributed by atoms with van der Waals surface area (Å²) in [5.74, 6) is 3.09. The standard InChI is InChI=1S/C13H13BrO2S/c1-7-5-17-6-9-11(12(7)15)10(14)4-8-2-3-16-13(8)9/h4,7H,2-3,5-6H2,1H3. The molecule has 0 N–H and O–H groups in total. The van der Waals surface area contributed by atoms with Crippen LogP contribution in [0.2, 0.25) is 0 Å². The Labute approximate surface area is 113 Å². The van der Waals surface area contributed by atoms with Crippen molar-refractivity contribution in [2.75, 3.05) is 12.4 Å². The van der Waals surface area contributed by atoms with Crippen LogP contribution in [-0.4, -0.2) is 18.1 Å². The van der Waals surface area contributed by atoms with E-state index in [4.69, 9.17) is 4.74 Å². The highest BCUT2D eigenvalue weighted by Crippen LogP contribution is 2.41. The molecular formula is C13H13BrO2S. The first-order chi connectivity index (χ1) is 8.18. The van der Waals surface area contributed by atoms with Crippen molar-refractivity contribution in [1.29, 1.82) is 0 Å². The Morgan fingerprint density at radius 1 is 1.53 bits per heavy atom. The van der Waals surface area contributed by atoms with Gasteiger partial charge in [-0.15, -0.1) is 0 Å². The second-order valence-electron chi connectivity index (χ2n) is 4.58. The van der Waals surface area contributed by atoms with Gasteiger partial charge in [0.2, 0.25) is 0 Å². The Morgan fingerprint density at radius 3 is 3.18 bits per heavy atom. The molecule has 0 bridgehead atoms. The van der Waals surface area contributed by atoms with E-state index in [1.807, 2.05) is 18.7 Å². The summed E-state index contributed by atoms with van der Waals surface area (Å²) < 4.78 is 6.65. The molecule has 1 atom stereocenters. The van der Waals surface area contributed by atoms with Crippen molar-refractivity contribution in [2.24, 2.45) is 5.92 Å². The average Bonchev–Trinajstić information content (AvgIpc) is 2.69. The van der Waals surface area contributed by atoms with Crippen LogP contribution >= 0.6 is 27.7 Å². The van der Waals surface area contributed by atoms with Crippen molar-refractivity contribution in [3.8, 4) is 5.75 Å². The molecule has 1 unspecified atom stereocenters. The van der Waals surface area contributed by atoms with Gasteiger partial charge in [0.25, 0.3) is 0 Å². The SMILES string of the molecule is CC1CSCc2c3c(cc(Br)c2C1=O)CCO3. The van der Waals surface area contributed by atoms with Crippen LogP contribution in [0.4, 0.5) is 0 Å². The van der Waals surface area contributed by atoms with Gasteiger partial charge in [-0.25, -0.2) is 0 Å². The third-order valence-electron chi connectivity index (χ3n) is 3.33. The quantitative estimate of drug-likeness (QED) is 0.734. The van der Waals surface area contributed by atoms with E-state index in [2.05, 4.69) is 22.0 Å². The smallest absolute Gasteiger partial charge is 0.168 e. The van der Waals surface area contributed by atoms with E-state index in [1.165, 1.54) is 5.56 Å². The predicted octanol–water partition coefficient (Wildman–Crippen LogP) is 3.45. The average molecular weight is 313 g/mol. The minimum absolute atomic E-state index is 0.0944. The van der Waals surface area contributed by atoms with Crippen molar-refractivity contribution in [2.45, 2.75) is 19.1 Å². The fourth-order valence-corrected chi connectivity index (χ4v) is 4.25. The predicted molar refractivity (Wildman–Crippen MR) is 73.0 cm³/mol. The molecule has 0 saturated carbocycles. The number of rotatable bonds is 0. The molecule has 2 heterocycles. The number of hydrogen-bond donors (Lipinski definition) is 0. The summed E-state index contributed by atoms with van der Waals surface area (Å²) in [5.41, 5.74) is 3.19. The van der Waals surface area contributed by atoms with Gasteiger partial charge >= 0.3 is 0 Å². The van der Waals surface area contributed by atoms with E-state index in [0.29, 0.717) is 0 Å². The largest absolute Gasteiger partial charge is 0.493 e. The lowest BCUT2D eigenvalue weighted by atomic mass is 9.94. The zero-order valence-corrected chi connectivity index (χ0v) is 12.0. The highest BCUT2D eigenvalue weighted by molar-refractivity contribution is 9.10. The summed E-state index contributed by atoms with van der Waals surface area (Å²) in [4.78, 5) is 12.4. The second kappa shape index (κ2) is 4.32. The molecule has 17 heavy (non-hydrogen) atoms. The van der Waals surface area contributed by atoms with Crippen LogP contribution < -0.4 is 4.74 Å². The molecule has 2 aliphatic heterocycles. The molecule has 0 saturated heterocycles. The lowest BCUT2D eigenvalue weighted by Crippen LogP contribution is -2.13. The number of ether oxygens (including phenoxy) is 1. The molecule has 2 aliphatic rings. The van der Waals surface area contributed by atoms with Crippen LogP contribution in [0.25, 0.3) is 0 Å². The van der Waals surface area contributed by atoms with E-state index < -0.39 is 0 Å². The third-order valence-corrected chi connectivity index (χ3v) is 5.19. The van der Waals surface area contributed by atoms with E-state index in [0.717, 1.165) is 45.9 Å². The van der Waals surface area contributed by atoms with Gasteiger partial charge < -0.3 is 4.74 Å². The van der Waals surface area contributed by atoms with Crippen molar-refractivity contribution < 1.29 is 9.53 Å².